The Morgan fingerprint density at radius 2 is 1.88 bits per heavy atom. The van der Waals surface area contributed by atoms with Gasteiger partial charge >= 0.3 is 5.97 Å². The maximum absolute atomic E-state index is 13.1. The zero-order valence-electron chi connectivity index (χ0n) is 13.2. The Morgan fingerprint density at radius 3 is 2.46 bits per heavy atom. The Bertz CT molecular complexity index is 853. The van der Waals surface area contributed by atoms with Crippen molar-refractivity contribution >= 4 is 16.0 Å². The summed E-state index contributed by atoms with van der Waals surface area (Å²) < 4.78 is 37.5. The summed E-state index contributed by atoms with van der Waals surface area (Å²) >= 11 is 0. The molecule has 7 heteroatoms. The minimum Gasteiger partial charge on any atom is -0.468 e. The standard InChI is InChI=1S/C17H17NO5S/c1-12-5-7-13(8-6-12)24(20,21)18-14(16-4-3-11-23-16)9-10-15(18)17(19)22-2/h3-11,14-15H,1-2H3/t14-,15+/m0/s1. The minimum atomic E-state index is -3.92. The molecule has 0 spiro atoms. The molecule has 3 rings (SSSR count). The SMILES string of the molecule is COC(=O)[C@H]1C=C[C@@H](c2ccco2)N1S(=O)(=O)c1ccc(C)cc1. The number of esters is 1. The van der Waals surface area contributed by atoms with Gasteiger partial charge in [-0.05, 0) is 31.2 Å². The zero-order chi connectivity index (χ0) is 17.3. The molecule has 0 N–H and O–H groups in total. The van der Waals surface area contributed by atoms with Gasteiger partial charge in [0, 0.05) is 0 Å². The van der Waals surface area contributed by atoms with Gasteiger partial charge in [-0.2, -0.15) is 4.31 Å². The van der Waals surface area contributed by atoms with E-state index in [1.165, 1.54) is 31.6 Å². The fourth-order valence-corrected chi connectivity index (χ4v) is 4.32. The lowest BCUT2D eigenvalue weighted by molar-refractivity contribution is -0.143. The molecule has 126 valence electrons. The van der Waals surface area contributed by atoms with Crippen LogP contribution in [0.2, 0.25) is 0 Å². The van der Waals surface area contributed by atoms with Gasteiger partial charge in [0.05, 0.1) is 18.3 Å². The molecule has 2 heterocycles. The van der Waals surface area contributed by atoms with Crippen LogP contribution in [0.1, 0.15) is 17.4 Å². The summed E-state index contributed by atoms with van der Waals surface area (Å²) in [5.74, 6) is -0.204. The van der Waals surface area contributed by atoms with Crippen LogP contribution in [0.4, 0.5) is 0 Å². The molecule has 0 amide bonds. The molecule has 2 aromatic rings. The normalized spacial score (nSPS) is 21.1. The molecule has 0 saturated heterocycles. The van der Waals surface area contributed by atoms with Crippen molar-refractivity contribution < 1.29 is 22.4 Å². The van der Waals surface area contributed by atoms with Crippen molar-refractivity contribution in [1.29, 1.82) is 0 Å². The summed E-state index contributed by atoms with van der Waals surface area (Å²) in [7, 11) is -2.70. The first-order valence-corrected chi connectivity index (χ1v) is 8.79. The van der Waals surface area contributed by atoms with Crippen LogP contribution in [0, 0.1) is 6.92 Å². The quantitative estimate of drug-likeness (QED) is 0.627. The van der Waals surface area contributed by atoms with Crippen molar-refractivity contribution in [3.63, 3.8) is 0 Å². The molecule has 1 aliphatic heterocycles. The summed E-state index contributed by atoms with van der Waals surface area (Å²) in [4.78, 5) is 12.2. The number of rotatable bonds is 4. The van der Waals surface area contributed by atoms with Crippen LogP contribution in [0.3, 0.4) is 0 Å². The lowest BCUT2D eigenvalue weighted by Crippen LogP contribution is -2.42. The minimum absolute atomic E-state index is 0.113. The number of aryl methyl sites for hydroxylation is 1. The highest BCUT2D eigenvalue weighted by Gasteiger charge is 2.44. The van der Waals surface area contributed by atoms with Crippen molar-refractivity contribution in [1.82, 2.24) is 4.31 Å². The number of hydrogen-bond donors (Lipinski definition) is 0. The maximum atomic E-state index is 13.1. The number of methoxy groups -OCH3 is 1. The molecule has 1 aromatic heterocycles. The predicted molar refractivity (Wildman–Crippen MR) is 86.6 cm³/mol. The third kappa shape index (κ3) is 2.76. The number of sulfonamides is 1. The van der Waals surface area contributed by atoms with E-state index >= 15 is 0 Å². The van der Waals surface area contributed by atoms with Gasteiger partial charge in [-0.15, -0.1) is 0 Å². The fourth-order valence-electron chi connectivity index (χ4n) is 2.67. The largest absolute Gasteiger partial charge is 0.468 e. The molecular formula is C17H17NO5S. The molecule has 0 radical (unpaired) electrons. The molecule has 1 aliphatic rings. The van der Waals surface area contributed by atoms with Crippen molar-refractivity contribution in [2.45, 2.75) is 23.9 Å². The lowest BCUT2D eigenvalue weighted by Gasteiger charge is -2.27. The van der Waals surface area contributed by atoms with Gasteiger partial charge in [-0.25, -0.2) is 13.2 Å². The number of benzene rings is 1. The predicted octanol–water partition coefficient (Wildman–Crippen LogP) is 2.43. The average molecular weight is 347 g/mol. The van der Waals surface area contributed by atoms with E-state index in [1.54, 1.807) is 30.3 Å². The summed E-state index contributed by atoms with van der Waals surface area (Å²) in [6, 6.07) is 8.09. The second-order valence-electron chi connectivity index (χ2n) is 5.46. The first-order valence-electron chi connectivity index (χ1n) is 7.35. The molecule has 24 heavy (non-hydrogen) atoms. The van der Waals surface area contributed by atoms with Crippen molar-refractivity contribution in [2.75, 3.05) is 7.11 Å². The van der Waals surface area contributed by atoms with E-state index in [4.69, 9.17) is 9.15 Å². The number of furan rings is 1. The van der Waals surface area contributed by atoms with Gasteiger partial charge in [0.2, 0.25) is 10.0 Å². The summed E-state index contributed by atoms with van der Waals surface area (Å²) in [6.45, 7) is 1.87. The fraction of sp³-hybridized carbons (Fsp3) is 0.235. The highest BCUT2D eigenvalue weighted by atomic mass is 32.2. The van der Waals surface area contributed by atoms with Gasteiger partial charge in [0.1, 0.15) is 17.8 Å². The van der Waals surface area contributed by atoms with Crippen LogP contribution in [0.15, 0.2) is 64.1 Å². The topological polar surface area (TPSA) is 76.8 Å². The molecule has 0 bridgehead atoms. The second kappa shape index (κ2) is 6.26. The van der Waals surface area contributed by atoms with Crippen LogP contribution < -0.4 is 0 Å². The third-order valence-corrected chi connectivity index (χ3v) is 5.77. The third-order valence-electron chi connectivity index (χ3n) is 3.90. The second-order valence-corrected chi connectivity index (χ2v) is 7.30. The Kier molecular flexibility index (Phi) is 4.29. The van der Waals surface area contributed by atoms with Crippen LogP contribution in [0.5, 0.6) is 0 Å². The van der Waals surface area contributed by atoms with E-state index in [0.29, 0.717) is 5.76 Å². The maximum Gasteiger partial charge on any atom is 0.328 e. The first kappa shape index (κ1) is 16.5. The zero-order valence-corrected chi connectivity index (χ0v) is 14.1. The first-order chi connectivity index (χ1) is 11.4. The van der Waals surface area contributed by atoms with Crippen molar-refractivity contribution in [3.8, 4) is 0 Å². The average Bonchev–Trinajstić information content (AvgIpc) is 3.23. The molecule has 1 aromatic carbocycles. The Hall–Kier alpha value is -2.38. The smallest absolute Gasteiger partial charge is 0.328 e. The van der Waals surface area contributed by atoms with Gasteiger partial charge in [0.15, 0.2) is 0 Å². The summed E-state index contributed by atoms with van der Waals surface area (Å²) in [5, 5.41) is 0. The van der Waals surface area contributed by atoms with Gasteiger partial charge < -0.3 is 9.15 Å². The molecule has 6 nitrogen and oxygen atoms in total. The highest BCUT2D eigenvalue weighted by Crippen LogP contribution is 2.36. The highest BCUT2D eigenvalue weighted by molar-refractivity contribution is 7.89. The van der Waals surface area contributed by atoms with Gasteiger partial charge in [-0.3, -0.25) is 0 Å². The van der Waals surface area contributed by atoms with Crippen LogP contribution in [-0.2, 0) is 19.6 Å². The summed E-state index contributed by atoms with van der Waals surface area (Å²) in [5.41, 5.74) is 0.945. The van der Waals surface area contributed by atoms with E-state index in [9.17, 15) is 13.2 Å². The number of nitrogens with zero attached hydrogens (tertiary/aromatic N) is 1. The van der Waals surface area contributed by atoms with Gasteiger partial charge in [-0.1, -0.05) is 29.8 Å². The van der Waals surface area contributed by atoms with E-state index in [-0.39, 0.29) is 4.90 Å². The Labute approximate surface area is 140 Å². The number of ether oxygens (including phenoxy) is 1. The molecular weight excluding hydrogens is 330 g/mol. The number of carbonyl (C=O) groups is 1. The molecule has 0 saturated carbocycles. The monoisotopic (exact) mass is 347 g/mol. The Balaban J connectivity index is 2.07. The van der Waals surface area contributed by atoms with Crippen molar-refractivity contribution in [3.05, 3.63) is 66.1 Å². The van der Waals surface area contributed by atoms with E-state index < -0.39 is 28.1 Å². The van der Waals surface area contributed by atoms with Crippen LogP contribution in [0.25, 0.3) is 0 Å². The van der Waals surface area contributed by atoms with E-state index in [2.05, 4.69) is 0 Å². The van der Waals surface area contributed by atoms with Crippen LogP contribution >= 0.6 is 0 Å². The molecule has 2 atom stereocenters. The molecule has 0 unspecified atom stereocenters. The van der Waals surface area contributed by atoms with E-state index in [1.807, 2.05) is 6.92 Å². The number of hydrogen-bond acceptors (Lipinski definition) is 5. The van der Waals surface area contributed by atoms with E-state index in [0.717, 1.165) is 9.87 Å². The lowest BCUT2D eigenvalue weighted by atomic mass is 10.2. The molecule has 0 fully saturated rings. The van der Waals surface area contributed by atoms with Gasteiger partial charge in [0.25, 0.3) is 0 Å². The Morgan fingerprint density at radius 1 is 1.17 bits per heavy atom. The number of carbonyl (C=O) groups excluding carboxylic acids is 1. The van der Waals surface area contributed by atoms with Crippen molar-refractivity contribution in [2.24, 2.45) is 0 Å². The van der Waals surface area contributed by atoms with Crippen LogP contribution in [-0.4, -0.2) is 31.8 Å². The molecule has 0 aliphatic carbocycles. The summed E-state index contributed by atoms with van der Waals surface area (Å²) in [6.07, 6.45) is 4.61.